The van der Waals surface area contributed by atoms with Gasteiger partial charge in [0.15, 0.2) is 0 Å². The summed E-state index contributed by atoms with van der Waals surface area (Å²) in [5, 5.41) is 3.26. The molecule has 0 radical (unpaired) electrons. The van der Waals surface area contributed by atoms with Gasteiger partial charge in [0.1, 0.15) is 0 Å². The van der Waals surface area contributed by atoms with Crippen molar-refractivity contribution >= 4 is 33.2 Å². The van der Waals surface area contributed by atoms with E-state index in [9.17, 15) is 13.2 Å². The highest BCUT2D eigenvalue weighted by Crippen LogP contribution is 2.29. The van der Waals surface area contributed by atoms with E-state index < -0.39 is 15.9 Å². The summed E-state index contributed by atoms with van der Waals surface area (Å²) in [5.74, 6) is -0.401. The third-order valence-corrected chi connectivity index (χ3v) is 5.97. The van der Waals surface area contributed by atoms with Crippen LogP contribution >= 0.6 is 11.6 Å². The second-order valence-corrected chi connectivity index (χ2v) is 9.54. The third kappa shape index (κ3) is 4.84. The molecule has 2 rings (SSSR count). The van der Waals surface area contributed by atoms with E-state index in [1.165, 1.54) is 31.3 Å². The Hall–Kier alpha value is -1.89. The minimum Gasteiger partial charge on any atom is -0.325 e. The van der Waals surface area contributed by atoms with Crippen LogP contribution in [0.1, 0.15) is 26.3 Å². The average molecular weight is 395 g/mol. The zero-order chi connectivity index (χ0) is 19.5. The van der Waals surface area contributed by atoms with E-state index in [0.29, 0.717) is 10.7 Å². The van der Waals surface area contributed by atoms with Crippen LogP contribution in [0.5, 0.6) is 0 Å². The lowest BCUT2D eigenvalue weighted by molar-refractivity contribution is -0.116. The summed E-state index contributed by atoms with van der Waals surface area (Å²) in [7, 11) is -2.39. The molecule has 0 bridgehead atoms. The summed E-state index contributed by atoms with van der Waals surface area (Å²) in [6, 6.07) is 13.3. The lowest BCUT2D eigenvalue weighted by Gasteiger charge is -2.23. The topological polar surface area (TPSA) is 66.5 Å². The second kappa shape index (κ2) is 7.78. The Morgan fingerprint density at radius 1 is 1.08 bits per heavy atom. The summed E-state index contributed by atoms with van der Waals surface area (Å²) < 4.78 is 26.1. The fraction of sp³-hybridized carbons (Fsp3) is 0.316. The summed E-state index contributed by atoms with van der Waals surface area (Å²) in [6.07, 6.45) is 0. The number of amides is 1. The predicted molar refractivity (Wildman–Crippen MR) is 105 cm³/mol. The monoisotopic (exact) mass is 394 g/mol. The molecule has 0 aliphatic carbocycles. The largest absolute Gasteiger partial charge is 0.325 e. The van der Waals surface area contributed by atoms with Gasteiger partial charge in [-0.05, 0) is 41.3 Å². The Labute approximate surface area is 160 Å². The van der Waals surface area contributed by atoms with Gasteiger partial charge in [-0.25, -0.2) is 8.42 Å². The number of anilines is 1. The van der Waals surface area contributed by atoms with Crippen molar-refractivity contribution < 1.29 is 13.2 Å². The van der Waals surface area contributed by atoms with Crippen LogP contribution in [0.3, 0.4) is 0 Å². The number of nitrogens with zero attached hydrogens (tertiary/aromatic N) is 1. The molecule has 0 saturated carbocycles. The molecular formula is C19H23ClN2O3S. The smallest absolute Gasteiger partial charge is 0.243 e. The lowest BCUT2D eigenvalue weighted by Crippen LogP contribution is -2.35. The molecule has 0 heterocycles. The highest BCUT2D eigenvalue weighted by molar-refractivity contribution is 7.89. The molecule has 7 heteroatoms. The Kier molecular flexibility index (Phi) is 6.11. The molecule has 1 amide bonds. The molecular weight excluding hydrogens is 372 g/mol. The van der Waals surface area contributed by atoms with Crippen LogP contribution in [0.4, 0.5) is 5.69 Å². The molecule has 0 aliphatic heterocycles. The number of likely N-dealkylation sites (N-methyl/N-ethyl adjacent to an activating group) is 1. The van der Waals surface area contributed by atoms with E-state index in [-0.39, 0.29) is 16.9 Å². The average Bonchev–Trinajstić information content (AvgIpc) is 2.54. The fourth-order valence-electron chi connectivity index (χ4n) is 2.51. The van der Waals surface area contributed by atoms with Crippen molar-refractivity contribution in [3.05, 3.63) is 59.1 Å². The Bertz CT molecular complexity index is 888. The molecule has 2 aromatic rings. The molecule has 0 unspecified atom stereocenters. The second-order valence-electron chi connectivity index (χ2n) is 7.06. The number of para-hydroxylation sites is 1. The van der Waals surface area contributed by atoms with Crippen LogP contribution in [-0.4, -0.2) is 32.2 Å². The van der Waals surface area contributed by atoms with E-state index in [2.05, 4.69) is 26.1 Å². The summed E-state index contributed by atoms with van der Waals surface area (Å²) in [4.78, 5) is 12.5. The van der Waals surface area contributed by atoms with E-state index in [1.807, 2.05) is 24.3 Å². The SMILES string of the molecule is CN(CC(=O)Nc1ccccc1C(C)(C)C)S(=O)(=O)c1ccc(Cl)cc1. The van der Waals surface area contributed by atoms with Crippen LogP contribution in [0.15, 0.2) is 53.4 Å². The predicted octanol–water partition coefficient (Wildman–Crippen LogP) is 3.90. The Balaban J connectivity index is 2.14. The maximum Gasteiger partial charge on any atom is 0.243 e. The van der Waals surface area contributed by atoms with Gasteiger partial charge < -0.3 is 5.32 Å². The maximum absolute atomic E-state index is 12.6. The quantitative estimate of drug-likeness (QED) is 0.836. The normalized spacial score (nSPS) is 12.2. The number of rotatable bonds is 5. The number of carbonyl (C=O) groups excluding carboxylic acids is 1. The van der Waals surface area contributed by atoms with Crippen molar-refractivity contribution in [3.8, 4) is 0 Å². The standard InChI is InChI=1S/C19H23ClN2O3S/c1-19(2,3)16-7-5-6-8-17(16)21-18(23)13-22(4)26(24,25)15-11-9-14(20)10-12-15/h5-12H,13H2,1-4H3,(H,21,23). The van der Waals surface area contributed by atoms with Crippen molar-refractivity contribution in [2.24, 2.45) is 0 Å². The molecule has 0 aromatic heterocycles. The van der Waals surface area contributed by atoms with E-state index in [1.54, 1.807) is 0 Å². The number of sulfonamides is 1. The maximum atomic E-state index is 12.6. The van der Waals surface area contributed by atoms with Crippen LogP contribution in [0, 0.1) is 0 Å². The van der Waals surface area contributed by atoms with Crippen molar-refractivity contribution in [3.63, 3.8) is 0 Å². The van der Waals surface area contributed by atoms with Crippen molar-refractivity contribution in [2.75, 3.05) is 18.9 Å². The highest BCUT2D eigenvalue weighted by Gasteiger charge is 2.24. The minimum atomic E-state index is -3.77. The molecule has 0 saturated heterocycles. The molecule has 2 aromatic carbocycles. The Morgan fingerprint density at radius 2 is 1.65 bits per heavy atom. The van der Waals surface area contributed by atoms with Crippen LogP contribution in [0.25, 0.3) is 0 Å². The van der Waals surface area contributed by atoms with Gasteiger partial charge in [0, 0.05) is 17.8 Å². The first-order chi connectivity index (χ1) is 12.0. The van der Waals surface area contributed by atoms with Gasteiger partial charge in [-0.2, -0.15) is 4.31 Å². The first-order valence-corrected chi connectivity index (χ1v) is 9.95. The van der Waals surface area contributed by atoms with Crippen molar-refractivity contribution in [1.82, 2.24) is 4.31 Å². The zero-order valence-corrected chi connectivity index (χ0v) is 16.9. The summed E-state index contributed by atoms with van der Waals surface area (Å²) in [6.45, 7) is 5.86. The highest BCUT2D eigenvalue weighted by atomic mass is 35.5. The number of benzene rings is 2. The number of hydrogen-bond donors (Lipinski definition) is 1. The van der Waals surface area contributed by atoms with Gasteiger partial charge >= 0.3 is 0 Å². The van der Waals surface area contributed by atoms with Gasteiger partial charge in [0.05, 0.1) is 11.4 Å². The number of nitrogens with one attached hydrogen (secondary N) is 1. The van der Waals surface area contributed by atoms with Crippen molar-refractivity contribution in [2.45, 2.75) is 31.1 Å². The van der Waals surface area contributed by atoms with Gasteiger partial charge in [-0.1, -0.05) is 50.6 Å². The molecule has 5 nitrogen and oxygen atoms in total. The van der Waals surface area contributed by atoms with Gasteiger partial charge in [-0.15, -0.1) is 0 Å². The van der Waals surface area contributed by atoms with E-state index in [0.717, 1.165) is 9.87 Å². The lowest BCUT2D eigenvalue weighted by atomic mass is 9.86. The molecule has 0 fully saturated rings. The molecule has 0 aliphatic rings. The molecule has 1 N–H and O–H groups in total. The molecule has 140 valence electrons. The molecule has 26 heavy (non-hydrogen) atoms. The molecule has 0 atom stereocenters. The number of carbonyl (C=O) groups is 1. The van der Waals surface area contributed by atoms with Crippen LogP contribution in [0.2, 0.25) is 5.02 Å². The first kappa shape index (κ1) is 20.4. The van der Waals surface area contributed by atoms with Crippen LogP contribution in [-0.2, 0) is 20.2 Å². The van der Waals surface area contributed by atoms with Crippen LogP contribution < -0.4 is 5.32 Å². The van der Waals surface area contributed by atoms with Gasteiger partial charge in [0.2, 0.25) is 15.9 Å². The fourth-order valence-corrected chi connectivity index (χ4v) is 3.76. The molecule has 0 spiro atoms. The zero-order valence-electron chi connectivity index (χ0n) is 15.3. The van der Waals surface area contributed by atoms with E-state index >= 15 is 0 Å². The Morgan fingerprint density at radius 3 is 2.23 bits per heavy atom. The third-order valence-electron chi connectivity index (χ3n) is 3.90. The summed E-state index contributed by atoms with van der Waals surface area (Å²) in [5.41, 5.74) is 1.52. The van der Waals surface area contributed by atoms with Crippen molar-refractivity contribution in [1.29, 1.82) is 0 Å². The first-order valence-electron chi connectivity index (χ1n) is 8.13. The number of hydrogen-bond acceptors (Lipinski definition) is 3. The minimum absolute atomic E-state index is 0.0901. The van der Waals surface area contributed by atoms with Gasteiger partial charge in [0.25, 0.3) is 0 Å². The van der Waals surface area contributed by atoms with E-state index in [4.69, 9.17) is 11.6 Å². The van der Waals surface area contributed by atoms with Gasteiger partial charge in [-0.3, -0.25) is 4.79 Å². The number of halogens is 1. The summed E-state index contributed by atoms with van der Waals surface area (Å²) >= 11 is 5.79.